The van der Waals surface area contributed by atoms with Crippen LogP contribution in [0.1, 0.15) is 53.4 Å². The molecular weight excluding hydrogens is 334 g/mol. The van der Waals surface area contributed by atoms with Crippen molar-refractivity contribution in [2.75, 3.05) is 20.1 Å². The van der Waals surface area contributed by atoms with Crippen LogP contribution in [0.5, 0.6) is 0 Å². The van der Waals surface area contributed by atoms with Crippen molar-refractivity contribution in [3.63, 3.8) is 0 Å². The molecule has 1 saturated carbocycles. The lowest BCUT2D eigenvalue weighted by atomic mass is 9.98. The van der Waals surface area contributed by atoms with Crippen LogP contribution >= 0.6 is 11.3 Å². The maximum Gasteiger partial charge on any atom is 0.251 e. The largest absolute Gasteiger partial charge is 0.391 e. The molecule has 0 bridgehead atoms. The molecule has 6 heteroatoms. The van der Waals surface area contributed by atoms with E-state index in [0.29, 0.717) is 11.5 Å². The van der Waals surface area contributed by atoms with Gasteiger partial charge in [0.25, 0.3) is 5.91 Å². The van der Waals surface area contributed by atoms with Gasteiger partial charge in [0.1, 0.15) is 0 Å². The summed E-state index contributed by atoms with van der Waals surface area (Å²) in [5.41, 5.74) is 1.64. The average molecular weight is 359 g/mol. The first-order valence-corrected chi connectivity index (χ1v) is 10.00. The third kappa shape index (κ3) is 3.57. The van der Waals surface area contributed by atoms with Crippen LogP contribution in [0.15, 0.2) is 18.2 Å². The lowest BCUT2D eigenvalue weighted by Gasteiger charge is -2.27. The second-order valence-electron chi connectivity index (χ2n) is 7.39. The van der Waals surface area contributed by atoms with E-state index in [-0.39, 0.29) is 11.9 Å². The van der Waals surface area contributed by atoms with Gasteiger partial charge in [0.2, 0.25) is 0 Å². The fourth-order valence-corrected chi connectivity index (χ4v) is 5.05. The van der Waals surface area contributed by atoms with Crippen molar-refractivity contribution in [1.29, 1.82) is 0 Å². The number of aromatic nitrogens is 1. The molecule has 5 nitrogen and oxygen atoms in total. The molecule has 1 amide bonds. The van der Waals surface area contributed by atoms with E-state index in [4.69, 9.17) is 4.98 Å². The Bertz CT molecular complexity index is 767. The zero-order chi connectivity index (χ0) is 17.4. The number of nitrogens with zero attached hydrogens (tertiary/aromatic N) is 2. The molecule has 1 aliphatic carbocycles. The van der Waals surface area contributed by atoms with Gasteiger partial charge in [-0.25, -0.2) is 4.98 Å². The highest BCUT2D eigenvalue weighted by Crippen LogP contribution is 2.34. The number of carbonyl (C=O) groups excluding carboxylic acids is 1. The molecule has 0 unspecified atom stereocenters. The molecule has 1 aliphatic heterocycles. The predicted molar refractivity (Wildman–Crippen MR) is 100 cm³/mol. The Hall–Kier alpha value is -1.50. The van der Waals surface area contributed by atoms with Crippen molar-refractivity contribution < 1.29 is 9.90 Å². The first-order chi connectivity index (χ1) is 12.1. The number of piperidine rings is 1. The van der Waals surface area contributed by atoms with Gasteiger partial charge < -0.3 is 15.3 Å². The summed E-state index contributed by atoms with van der Waals surface area (Å²) in [7, 11) is 2.17. The van der Waals surface area contributed by atoms with E-state index in [2.05, 4.69) is 17.3 Å². The maximum atomic E-state index is 12.5. The minimum absolute atomic E-state index is 0.0953. The zero-order valence-corrected chi connectivity index (χ0v) is 15.4. The quantitative estimate of drug-likeness (QED) is 0.884. The summed E-state index contributed by atoms with van der Waals surface area (Å²) >= 11 is 1.72. The van der Waals surface area contributed by atoms with Crippen LogP contribution in [0.25, 0.3) is 10.2 Å². The summed E-state index contributed by atoms with van der Waals surface area (Å²) in [6.07, 6.45) is 4.51. The molecule has 4 rings (SSSR count). The summed E-state index contributed by atoms with van der Waals surface area (Å²) in [5, 5.41) is 14.1. The normalized spacial score (nSPS) is 25.5. The highest BCUT2D eigenvalue weighted by molar-refractivity contribution is 7.18. The molecule has 2 aromatic rings. The highest BCUT2D eigenvalue weighted by atomic mass is 32.1. The number of aliphatic hydroxyl groups is 1. The van der Waals surface area contributed by atoms with E-state index in [1.807, 2.05) is 18.2 Å². The molecule has 2 N–H and O–H groups in total. The molecule has 134 valence electrons. The molecule has 1 aromatic heterocycles. The third-order valence-corrected chi connectivity index (χ3v) is 6.71. The molecular formula is C19H25N3O2S. The number of thiazole rings is 1. The van der Waals surface area contributed by atoms with Crippen LogP contribution in [-0.4, -0.2) is 53.2 Å². The van der Waals surface area contributed by atoms with Crippen LogP contribution in [0.4, 0.5) is 0 Å². The molecule has 2 fully saturated rings. The number of likely N-dealkylation sites (tertiary alicyclic amines) is 1. The molecule has 0 radical (unpaired) electrons. The van der Waals surface area contributed by atoms with E-state index >= 15 is 0 Å². The lowest BCUT2D eigenvalue weighted by Crippen LogP contribution is -2.39. The Kier molecular flexibility index (Phi) is 4.75. The number of benzene rings is 1. The van der Waals surface area contributed by atoms with Crippen LogP contribution in [0.2, 0.25) is 0 Å². The van der Waals surface area contributed by atoms with Gasteiger partial charge >= 0.3 is 0 Å². The standard InChI is InChI=1S/C19H25N3O2S/c1-22-9-7-12(8-10-22)19-21-15-6-5-13(11-17(15)25-19)18(24)20-14-3-2-4-16(14)23/h5-6,11-12,14,16,23H,2-4,7-10H2,1H3,(H,20,24)/t14-,16-/m1/s1. The Labute approximate surface area is 152 Å². The number of aliphatic hydroxyl groups excluding tert-OH is 1. The number of rotatable bonds is 3. The van der Waals surface area contributed by atoms with E-state index in [1.165, 1.54) is 5.01 Å². The van der Waals surface area contributed by atoms with Gasteiger partial charge in [0.15, 0.2) is 0 Å². The van der Waals surface area contributed by atoms with Crippen molar-refractivity contribution in [2.45, 2.75) is 50.2 Å². The maximum absolute atomic E-state index is 12.5. The molecule has 0 spiro atoms. The van der Waals surface area contributed by atoms with Gasteiger partial charge in [-0.15, -0.1) is 11.3 Å². The third-order valence-electron chi connectivity index (χ3n) is 5.53. The van der Waals surface area contributed by atoms with Gasteiger partial charge in [-0.1, -0.05) is 0 Å². The minimum Gasteiger partial charge on any atom is -0.391 e. The zero-order valence-electron chi connectivity index (χ0n) is 14.6. The number of amides is 1. The van der Waals surface area contributed by atoms with Crippen molar-refractivity contribution in [3.8, 4) is 0 Å². The summed E-state index contributed by atoms with van der Waals surface area (Å²) in [4.78, 5) is 19.7. The predicted octanol–water partition coefficient (Wildman–Crippen LogP) is 2.75. The van der Waals surface area contributed by atoms with Gasteiger partial charge in [0, 0.05) is 11.5 Å². The molecule has 2 aliphatic rings. The fourth-order valence-electron chi connectivity index (χ4n) is 3.87. The Balaban J connectivity index is 1.51. The summed E-state index contributed by atoms with van der Waals surface area (Å²) in [5.74, 6) is 0.446. The number of fused-ring (bicyclic) bond motifs is 1. The Morgan fingerprint density at radius 3 is 2.80 bits per heavy atom. The van der Waals surface area contributed by atoms with Crippen LogP contribution in [0.3, 0.4) is 0 Å². The highest BCUT2D eigenvalue weighted by Gasteiger charge is 2.27. The van der Waals surface area contributed by atoms with Gasteiger partial charge in [-0.3, -0.25) is 4.79 Å². The van der Waals surface area contributed by atoms with Crippen molar-refractivity contribution in [3.05, 3.63) is 28.8 Å². The number of carbonyl (C=O) groups is 1. The molecule has 25 heavy (non-hydrogen) atoms. The molecule has 1 saturated heterocycles. The first-order valence-electron chi connectivity index (χ1n) is 9.18. The van der Waals surface area contributed by atoms with E-state index in [9.17, 15) is 9.90 Å². The summed E-state index contributed by atoms with van der Waals surface area (Å²) < 4.78 is 1.08. The average Bonchev–Trinajstić information content (AvgIpc) is 3.21. The van der Waals surface area contributed by atoms with Gasteiger partial charge in [-0.05, 0) is 70.4 Å². The minimum atomic E-state index is -0.410. The smallest absolute Gasteiger partial charge is 0.251 e. The van der Waals surface area contributed by atoms with Gasteiger partial charge in [0.05, 0.1) is 27.4 Å². The van der Waals surface area contributed by atoms with Crippen molar-refractivity contribution >= 4 is 27.5 Å². The number of hydrogen-bond acceptors (Lipinski definition) is 5. The summed E-state index contributed by atoms with van der Waals surface area (Å²) in [6.45, 7) is 2.25. The number of hydrogen-bond donors (Lipinski definition) is 2. The second-order valence-corrected chi connectivity index (χ2v) is 8.45. The summed E-state index contributed by atoms with van der Waals surface area (Å²) in [6, 6.07) is 5.63. The molecule has 2 heterocycles. The van der Waals surface area contributed by atoms with Crippen molar-refractivity contribution in [2.24, 2.45) is 0 Å². The fraction of sp³-hybridized carbons (Fsp3) is 0.579. The Morgan fingerprint density at radius 2 is 2.08 bits per heavy atom. The van der Waals surface area contributed by atoms with E-state index in [0.717, 1.165) is 55.4 Å². The van der Waals surface area contributed by atoms with Gasteiger partial charge in [-0.2, -0.15) is 0 Å². The molecule has 1 aromatic carbocycles. The van der Waals surface area contributed by atoms with Crippen LogP contribution in [-0.2, 0) is 0 Å². The number of nitrogens with one attached hydrogen (secondary N) is 1. The lowest BCUT2D eigenvalue weighted by molar-refractivity contribution is 0.0873. The van der Waals surface area contributed by atoms with Crippen LogP contribution in [0, 0.1) is 0 Å². The monoisotopic (exact) mass is 359 g/mol. The molecule has 2 atom stereocenters. The topological polar surface area (TPSA) is 65.5 Å². The first kappa shape index (κ1) is 16.9. The van der Waals surface area contributed by atoms with Crippen LogP contribution < -0.4 is 5.32 Å². The second kappa shape index (κ2) is 7.02. The SMILES string of the molecule is CN1CCC(c2nc3ccc(C(=O)N[C@@H]4CCC[C@H]4O)cc3s2)CC1. The van der Waals surface area contributed by atoms with E-state index in [1.54, 1.807) is 11.3 Å². The van der Waals surface area contributed by atoms with Crippen molar-refractivity contribution in [1.82, 2.24) is 15.2 Å². The van der Waals surface area contributed by atoms with E-state index < -0.39 is 6.10 Å². The Morgan fingerprint density at radius 1 is 1.28 bits per heavy atom.